The van der Waals surface area contributed by atoms with E-state index in [4.69, 9.17) is 0 Å². The van der Waals surface area contributed by atoms with Gasteiger partial charge in [0.05, 0.1) is 4.83 Å². The molecule has 21 heavy (non-hydrogen) atoms. The van der Waals surface area contributed by atoms with E-state index in [0.717, 1.165) is 6.42 Å². The molecule has 3 aromatic carbocycles. The quantitative estimate of drug-likeness (QED) is 0.491. The van der Waals surface area contributed by atoms with Gasteiger partial charge in [0.2, 0.25) is 0 Å². The Balaban J connectivity index is 1.90. The summed E-state index contributed by atoms with van der Waals surface area (Å²) in [4.78, 5) is 0.248. The summed E-state index contributed by atoms with van der Waals surface area (Å²) in [6, 6.07) is 24.1. The number of aryl methyl sites for hydroxylation is 1. The van der Waals surface area contributed by atoms with Gasteiger partial charge < -0.3 is 0 Å². The molecule has 0 aliphatic carbocycles. The molecule has 1 unspecified atom stereocenters. The summed E-state index contributed by atoms with van der Waals surface area (Å²) < 4.78 is 0. The SMILES string of the molecule is CCCc1ccc(C(Br)c2ccc3ccccc3c2)cc1. The van der Waals surface area contributed by atoms with Crippen LogP contribution in [-0.2, 0) is 6.42 Å². The third-order valence-corrected chi connectivity index (χ3v) is 4.93. The van der Waals surface area contributed by atoms with Crippen LogP contribution < -0.4 is 0 Å². The minimum absolute atomic E-state index is 0.248. The highest BCUT2D eigenvalue weighted by atomic mass is 79.9. The van der Waals surface area contributed by atoms with Crippen molar-refractivity contribution in [3.8, 4) is 0 Å². The maximum atomic E-state index is 3.84. The van der Waals surface area contributed by atoms with Crippen molar-refractivity contribution in [3.05, 3.63) is 83.4 Å². The largest absolute Gasteiger partial charge is 0.0786 e. The van der Waals surface area contributed by atoms with E-state index in [2.05, 4.69) is 89.6 Å². The molecule has 3 aromatic rings. The Morgan fingerprint density at radius 2 is 1.48 bits per heavy atom. The monoisotopic (exact) mass is 338 g/mol. The first-order valence-corrected chi connectivity index (χ1v) is 8.41. The van der Waals surface area contributed by atoms with E-state index in [1.807, 2.05) is 0 Å². The van der Waals surface area contributed by atoms with Crippen LogP contribution in [0.2, 0.25) is 0 Å². The molecule has 0 heterocycles. The molecular weight excluding hydrogens is 320 g/mol. The maximum Gasteiger partial charge on any atom is 0.0644 e. The number of benzene rings is 3. The average molecular weight is 339 g/mol. The normalized spacial score (nSPS) is 12.5. The topological polar surface area (TPSA) is 0 Å². The van der Waals surface area contributed by atoms with Crippen LogP contribution in [0.3, 0.4) is 0 Å². The summed E-state index contributed by atoms with van der Waals surface area (Å²) >= 11 is 3.84. The molecular formula is C20H19Br. The Morgan fingerprint density at radius 3 is 2.19 bits per heavy atom. The van der Waals surface area contributed by atoms with Gasteiger partial charge in [-0.25, -0.2) is 0 Å². The Labute approximate surface area is 134 Å². The number of hydrogen-bond donors (Lipinski definition) is 0. The number of halogens is 1. The van der Waals surface area contributed by atoms with Crippen LogP contribution in [-0.4, -0.2) is 0 Å². The van der Waals surface area contributed by atoms with Crippen molar-refractivity contribution in [2.24, 2.45) is 0 Å². The Kier molecular flexibility index (Phi) is 4.40. The van der Waals surface area contributed by atoms with Gasteiger partial charge >= 0.3 is 0 Å². The lowest BCUT2D eigenvalue weighted by molar-refractivity contribution is 0.920. The molecule has 0 fully saturated rings. The summed E-state index contributed by atoms with van der Waals surface area (Å²) in [6.45, 7) is 2.22. The Hall–Kier alpha value is -1.60. The van der Waals surface area contributed by atoms with Gasteiger partial charge in [-0.2, -0.15) is 0 Å². The second-order valence-electron chi connectivity index (χ2n) is 5.46. The minimum Gasteiger partial charge on any atom is -0.0786 e. The Morgan fingerprint density at radius 1 is 0.810 bits per heavy atom. The van der Waals surface area contributed by atoms with Crippen LogP contribution in [0.4, 0.5) is 0 Å². The third kappa shape index (κ3) is 3.19. The average Bonchev–Trinajstić information content (AvgIpc) is 2.55. The van der Waals surface area contributed by atoms with E-state index in [0.29, 0.717) is 0 Å². The summed E-state index contributed by atoms with van der Waals surface area (Å²) in [5, 5.41) is 2.58. The van der Waals surface area contributed by atoms with Gasteiger partial charge in [0.25, 0.3) is 0 Å². The zero-order valence-corrected chi connectivity index (χ0v) is 13.8. The molecule has 0 aromatic heterocycles. The van der Waals surface area contributed by atoms with Crippen LogP contribution in [0, 0.1) is 0 Å². The van der Waals surface area contributed by atoms with E-state index in [1.165, 1.54) is 33.9 Å². The molecule has 106 valence electrons. The fraction of sp³-hybridized carbons (Fsp3) is 0.200. The lowest BCUT2D eigenvalue weighted by Crippen LogP contribution is -1.93. The molecule has 0 bridgehead atoms. The van der Waals surface area contributed by atoms with Crippen molar-refractivity contribution in [1.82, 2.24) is 0 Å². The summed E-state index contributed by atoms with van der Waals surface area (Å²) in [6.07, 6.45) is 2.35. The number of alkyl halides is 1. The molecule has 0 aliphatic rings. The number of fused-ring (bicyclic) bond motifs is 1. The van der Waals surface area contributed by atoms with Gasteiger partial charge in [-0.3, -0.25) is 0 Å². The van der Waals surface area contributed by atoms with Crippen LogP contribution >= 0.6 is 15.9 Å². The molecule has 0 aliphatic heterocycles. The van der Waals surface area contributed by atoms with Gasteiger partial charge in [0.1, 0.15) is 0 Å². The highest BCUT2D eigenvalue weighted by Crippen LogP contribution is 2.32. The van der Waals surface area contributed by atoms with Gasteiger partial charge in [0.15, 0.2) is 0 Å². The number of hydrogen-bond acceptors (Lipinski definition) is 0. The summed E-state index contributed by atoms with van der Waals surface area (Å²) in [5.74, 6) is 0. The zero-order valence-electron chi connectivity index (χ0n) is 12.2. The second-order valence-corrected chi connectivity index (χ2v) is 6.38. The first kappa shape index (κ1) is 14.3. The minimum atomic E-state index is 0.248. The van der Waals surface area contributed by atoms with Crippen molar-refractivity contribution in [1.29, 1.82) is 0 Å². The van der Waals surface area contributed by atoms with Crippen LogP contribution in [0.15, 0.2) is 66.7 Å². The predicted octanol–water partition coefficient (Wildman–Crippen LogP) is 6.28. The predicted molar refractivity (Wildman–Crippen MR) is 95.2 cm³/mol. The van der Waals surface area contributed by atoms with E-state index < -0.39 is 0 Å². The highest BCUT2D eigenvalue weighted by molar-refractivity contribution is 9.09. The first-order chi connectivity index (χ1) is 10.3. The molecule has 0 saturated heterocycles. The molecule has 0 nitrogen and oxygen atoms in total. The van der Waals surface area contributed by atoms with E-state index in [-0.39, 0.29) is 4.83 Å². The molecule has 0 spiro atoms. The second kappa shape index (κ2) is 6.44. The lowest BCUT2D eigenvalue weighted by atomic mass is 9.99. The van der Waals surface area contributed by atoms with Crippen LogP contribution in [0.25, 0.3) is 10.8 Å². The molecule has 0 saturated carbocycles. The zero-order chi connectivity index (χ0) is 14.7. The molecule has 1 heteroatoms. The van der Waals surface area contributed by atoms with E-state index in [1.54, 1.807) is 0 Å². The van der Waals surface area contributed by atoms with Crippen LogP contribution in [0.1, 0.15) is 34.9 Å². The fourth-order valence-electron chi connectivity index (χ4n) is 2.70. The van der Waals surface area contributed by atoms with E-state index >= 15 is 0 Å². The fourth-order valence-corrected chi connectivity index (χ4v) is 3.29. The summed E-state index contributed by atoms with van der Waals surface area (Å²) in [7, 11) is 0. The molecule has 0 N–H and O–H groups in total. The van der Waals surface area contributed by atoms with Crippen molar-refractivity contribution in [2.45, 2.75) is 24.6 Å². The van der Waals surface area contributed by atoms with Crippen molar-refractivity contribution < 1.29 is 0 Å². The van der Waals surface area contributed by atoms with E-state index in [9.17, 15) is 0 Å². The van der Waals surface area contributed by atoms with Gasteiger partial charge in [0, 0.05) is 0 Å². The summed E-state index contributed by atoms with van der Waals surface area (Å²) in [5.41, 5.74) is 4.03. The standard InChI is InChI=1S/C20H19Br/c1-2-5-15-8-10-17(11-9-15)20(21)19-13-12-16-6-3-4-7-18(16)14-19/h3-4,6-14,20H,2,5H2,1H3. The molecule has 0 radical (unpaired) electrons. The van der Waals surface area contributed by atoms with Crippen molar-refractivity contribution in [2.75, 3.05) is 0 Å². The molecule has 1 atom stereocenters. The van der Waals surface area contributed by atoms with Gasteiger partial charge in [-0.15, -0.1) is 0 Å². The third-order valence-electron chi connectivity index (χ3n) is 3.88. The Bertz CT molecular complexity index is 728. The maximum absolute atomic E-state index is 3.84. The van der Waals surface area contributed by atoms with Gasteiger partial charge in [-0.05, 0) is 39.9 Å². The van der Waals surface area contributed by atoms with Crippen molar-refractivity contribution >= 4 is 26.7 Å². The van der Waals surface area contributed by atoms with Crippen LogP contribution in [0.5, 0.6) is 0 Å². The van der Waals surface area contributed by atoms with Gasteiger partial charge in [-0.1, -0.05) is 89.9 Å². The number of rotatable bonds is 4. The lowest BCUT2D eigenvalue weighted by Gasteiger charge is -2.12. The molecule has 0 amide bonds. The highest BCUT2D eigenvalue weighted by Gasteiger charge is 2.10. The smallest absolute Gasteiger partial charge is 0.0644 e. The molecule has 3 rings (SSSR count). The van der Waals surface area contributed by atoms with Crippen molar-refractivity contribution in [3.63, 3.8) is 0 Å². The first-order valence-electron chi connectivity index (χ1n) is 7.49.